The second kappa shape index (κ2) is 4.43. The van der Waals surface area contributed by atoms with E-state index >= 15 is 0 Å². The fourth-order valence-electron chi connectivity index (χ4n) is 1.23. The van der Waals surface area contributed by atoms with E-state index in [1.807, 2.05) is 26.0 Å². The summed E-state index contributed by atoms with van der Waals surface area (Å²) in [4.78, 5) is 10.6. The van der Waals surface area contributed by atoms with Crippen molar-refractivity contribution in [3.05, 3.63) is 40.5 Å². The Morgan fingerprint density at radius 1 is 1.47 bits per heavy atom. The van der Waals surface area contributed by atoms with E-state index in [1.165, 1.54) is 6.08 Å². The van der Waals surface area contributed by atoms with Gasteiger partial charge in [0.25, 0.3) is 0 Å². The molecule has 76 valence electrons. The van der Waals surface area contributed by atoms with E-state index in [1.54, 1.807) is 12.1 Å². The van der Waals surface area contributed by atoms with Crippen molar-refractivity contribution in [2.24, 2.45) is 0 Å². The zero-order valence-electron chi connectivity index (χ0n) is 8.61. The molecule has 0 saturated carbocycles. The van der Waals surface area contributed by atoms with Gasteiger partial charge in [-0.25, -0.2) is 4.79 Å². The van der Waals surface area contributed by atoms with Crippen LogP contribution in [0.4, 0.5) is 0 Å². The number of rotatable bonds is 2. The average Bonchev–Trinajstić information content (AvgIpc) is 2.19. The molecule has 1 rings (SSSR count). The third-order valence-corrected chi connectivity index (χ3v) is 2.30. The van der Waals surface area contributed by atoms with Gasteiger partial charge in [-0.3, -0.25) is 0 Å². The van der Waals surface area contributed by atoms with Crippen molar-refractivity contribution in [1.29, 1.82) is 5.26 Å². The SMILES string of the molecule is Cc1cccc(/C=C(\C#N)C(=O)O)c1C. The summed E-state index contributed by atoms with van der Waals surface area (Å²) < 4.78 is 0. The van der Waals surface area contributed by atoms with E-state index in [-0.39, 0.29) is 5.57 Å². The lowest BCUT2D eigenvalue weighted by atomic mass is 10.0. The summed E-state index contributed by atoms with van der Waals surface area (Å²) in [5, 5.41) is 17.3. The molecule has 0 heterocycles. The minimum atomic E-state index is -1.20. The quantitative estimate of drug-likeness (QED) is 0.590. The predicted molar refractivity (Wildman–Crippen MR) is 57.1 cm³/mol. The normalized spacial score (nSPS) is 10.9. The van der Waals surface area contributed by atoms with Crippen molar-refractivity contribution in [1.82, 2.24) is 0 Å². The Kier molecular flexibility index (Phi) is 3.25. The second-order valence-electron chi connectivity index (χ2n) is 3.26. The molecular weight excluding hydrogens is 190 g/mol. The second-order valence-corrected chi connectivity index (χ2v) is 3.26. The Hall–Kier alpha value is -2.08. The number of carboxylic acid groups (broad SMARTS) is 1. The first kappa shape index (κ1) is 11.0. The van der Waals surface area contributed by atoms with Crippen LogP contribution in [0, 0.1) is 25.2 Å². The van der Waals surface area contributed by atoms with Crippen molar-refractivity contribution < 1.29 is 9.90 Å². The van der Waals surface area contributed by atoms with E-state index in [0.717, 1.165) is 16.7 Å². The first-order valence-corrected chi connectivity index (χ1v) is 4.47. The molecule has 0 saturated heterocycles. The molecule has 0 bridgehead atoms. The third-order valence-electron chi connectivity index (χ3n) is 2.30. The highest BCUT2D eigenvalue weighted by Crippen LogP contribution is 2.15. The lowest BCUT2D eigenvalue weighted by molar-refractivity contribution is -0.132. The summed E-state index contributed by atoms with van der Waals surface area (Å²) in [6.45, 7) is 3.84. The summed E-state index contributed by atoms with van der Waals surface area (Å²) in [6, 6.07) is 7.23. The zero-order chi connectivity index (χ0) is 11.4. The molecule has 3 nitrogen and oxygen atoms in total. The summed E-state index contributed by atoms with van der Waals surface area (Å²) in [7, 11) is 0. The summed E-state index contributed by atoms with van der Waals surface area (Å²) >= 11 is 0. The lowest BCUT2D eigenvalue weighted by Crippen LogP contribution is -1.98. The van der Waals surface area contributed by atoms with Gasteiger partial charge < -0.3 is 5.11 Å². The molecule has 3 heteroatoms. The minimum Gasteiger partial charge on any atom is -0.477 e. The van der Waals surface area contributed by atoms with Gasteiger partial charge in [0.05, 0.1) is 0 Å². The molecule has 0 atom stereocenters. The molecule has 0 unspecified atom stereocenters. The van der Waals surface area contributed by atoms with Crippen LogP contribution in [0.25, 0.3) is 6.08 Å². The number of nitrogens with zero attached hydrogens (tertiary/aromatic N) is 1. The highest BCUT2D eigenvalue weighted by atomic mass is 16.4. The minimum absolute atomic E-state index is 0.247. The monoisotopic (exact) mass is 201 g/mol. The molecule has 0 amide bonds. The highest BCUT2D eigenvalue weighted by Gasteiger charge is 2.07. The maximum Gasteiger partial charge on any atom is 0.346 e. The molecule has 0 aromatic heterocycles. The molecule has 1 aromatic rings. The molecule has 0 aliphatic carbocycles. The van der Waals surface area contributed by atoms with Gasteiger partial charge in [0.2, 0.25) is 0 Å². The number of hydrogen-bond donors (Lipinski definition) is 1. The van der Waals surface area contributed by atoms with Gasteiger partial charge in [-0.15, -0.1) is 0 Å². The predicted octanol–water partition coefficient (Wildman–Crippen LogP) is 2.30. The van der Waals surface area contributed by atoms with Crippen LogP contribution in [-0.4, -0.2) is 11.1 Å². The number of aliphatic carboxylic acids is 1. The number of benzene rings is 1. The Morgan fingerprint density at radius 3 is 2.67 bits per heavy atom. The summed E-state index contributed by atoms with van der Waals surface area (Å²) in [5.41, 5.74) is 2.59. The molecule has 0 aliphatic rings. The maximum absolute atomic E-state index is 10.6. The van der Waals surface area contributed by atoms with E-state index in [9.17, 15) is 4.79 Å². The Labute approximate surface area is 88.3 Å². The van der Waals surface area contributed by atoms with Crippen molar-refractivity contribution in [3.63, 3.8) is 0 Å². The average molecular weight is 201 g/mol. The number of nitriles is 1. The standard InChI is InChI=1S/C12H11NO2/c1-8-4-3-5-10(9(8)2)6-11(7-13)12(14)15/h3-6H,1-2H3,(H,14,15)/b11-6+. The molecule has 1 aromatic carbocycles. The van der Waals surface area contributed by atoms with Crippen molar-refractivity contribution in [2.45, 2.75) is 13.8 Å². The first-order chi connectivity index (χ1) is 7.06. The van der Waals surface area contributed by atoms with E-state index in [0.29, 0.717) is 0 Å². The van der Waals surface area contributed by atoms with Gasteiger partial charge in [0, 0.05) is 0 Å². The Morgan fingerprint density at radius 2 is 2.13 bits per heavy atom. The largest absolute Gasteiger partial charge is 0.477 e. The van der Waals surface area contributed by atoms with E-state index in [4.69, 9.17) is 10.4 Å². The summed E-state index contributed by atoms with van der Waals surface area (Å²) in [5.74, 6) is -1.20. The van der Waals surface area contributed by atoms with Crippen LogP contribution in [0.1, 0.15) is 16.7 Å². The number of carboxylic acids is 1. The van der Waals surface area contributed by atoms with Crippen LogP contribution in [-0.2, 0) is 4.79 Å². The van der Waals surface area contributed by atoms with Crippen LogP contribution in [0.5, 0.6) is 0 Å². The molecule has 0 aliphatic heterocycles. The van der Waals surface area contributed by atoms with E-state index < -0.39 is 5.97 Å². The molecule has 0 spiro atoms. The first-order valence-electron chi connectivity index (χ1n) is 4.47. The lowest BCUT2D eigenvalue weighted by Gasteiger charge is -2.03. The number of hydrogen-bond acceptors (Lipinski definition) is 2. The topological polar surface area (TPSA) is 61.1 Å². The van der Waals surface area contributed by atoms with Gasteiger partial charge in [0.1, 0.15) is 11.6 Å². The summed E-state index contributed by atoms with van der Waals surface area (Å²) in [6.07, 6.45) is 1.39. The fourth-order valence-corrected chi connectivity index (χ4v) is 1.23. The van der Waals surface area contributed by atoms with Gasteiger partial charge in [-0.1, -0.05) is 18.2 Å². The highest BCUT2D eigenvalue weighted by molar-refractivity contribution is 5.96. The van der Waals surface area contributed by atoms with Crippen LogP contribution in [0.2, 0.25) is 0 Å². The smallest absolute Gasteiger partial charge is 0.346 e. The number of aryl methyl sites for hydroxylation is 1. The van der Waals surface area contributed by atoms with Gasteiger partial charge >= 0.3 is 5.97 Å². The van der Waals surface area contributed by atoms with Gasteiger partial charge in [0.15, 0.2) is 0 Å². The van der Waals surface area contributed by atoms with Crippen molar-refractivity contribution in [3.8, 4) is 6.07 Å². The molecule has 0 fully saturated rings. The van der Waals surface area contributed by atoms with Crippen molar-refractivity contribution >= 4 is 12.0 Å². The molecule has 1 N–H and O–H groups in total. The maximum atomic E-state index is 10.6. The van der Waals surface area contributed by atoms with Crippen LogP contribution < -0.4 is 0 Å². The van der Waals surface area contributed by atoms with Crippen LogP contribution in [0.3, 0.4) is 0 Å². The van der Waals surface area contributed by atoms with E-state index in [2.05, 4.69) is 0 Å². The van der Waals surface area contributed by atoms with Crippen LogP contribution in [0.15, 0.2) is 23.8 Å². The number of carbonyl (C=O) groups is 1. The van der Waals surface area contributed by atoms with Gasteiger partial charge in [-0.2, -0.15) is 5.26 Å². The van der Waals surface area contributed by atoms with Gasteiger partial charge in [-0.05, 0) is 36.6 Å². The molecule has 0 radical (unpaired) electrons. The Balaban J connectivity index is 3.25. The fraction of sp³-hybridized carbons (Fsp3) is 0.167. The third kappa shape index (κ3) is 2.44. The van der Waals surface area contributed by atoms with Crippen molar-refractivity contribution in [2.75, 3.05) is 0 Å². The zero-order valence-corrected chi connectivity index (χ0v) is 8.61. The van der Waals surface area contributed by atoms with Crippen LogP contribution >= 0.6 is 0 Å². The molecule has 15 heavy (non-hydrogen) atoms. The molecular formula is C12H11NO2. The Bertz CT molecular complexity index is 467.